The molecule has 2 heterocycles. The predicted octanol–water partition coefficient (Wildman–Crippen LogP) is 2.79. The minimum atomic E-state index is -0.0587. The number of hydrogen-bond donors (Lipinski definition) is 3. The summed E-state index contributed by atoms with van der Waals surface area (Å²) < 4.78 is 0. The van der Waals surface area contributed by atoms with Gasteiger partial charge in [0.15, 0.2) is 11.6 Å². The first kappa shape index (κ1) is 22.6. The first-order valence-electron chi connectivity index (χ1n) is 10.2. The number of unbranched alkanes of at least 4 members (excludes halogenated alkanes) is 1. The van der Waals surface area contributed by atoms with Crippen LogP contribution in [0.4, 0.5) is 5.82 Å². The number of aromatic nitrogens is 3. The molecule has 0 aromatic carbocycles. The first-order valence-corrected chi connectivity index (χ1v) is 10.2. The zero-order chi connectivity index (χ0) is 21.1. The maximum atomic E-state index is 12.0. The lowest BCUT2D eigenvalue weighted by molar-refractivity contribution is 0.0980. The molecule has 0 bridgehead atoms. The number of carbonyl (C=O) groups is 1. The molecule has 0 spiro atoms. The van der Waals surface area contributed by atoms with Crippen molar-refractivity contribution in [2.45, 2.75) is 51.5 Å². The van der Waals surface area contributed by atoms with Crippen LogP contribution in [0.5, 0.6) is 0 Å². The SMILES string of the molecule is C=Cc1ncc(CCc2cccc(C(=O)CCN)n2)c(N[C@H](CO)CCCC)n1. The summed E-state index contributed by atoms with van der Waals surface area (Å²) in [5.41, 5.74) is 7.68. The van der Waals surface area contributed by atoms with Gasteiger partial charge in [-0.25, -0.2) is 15.0 Å². The summed E-state index contributed by atoms with van der Waals surface area (Å²) in [7, 11) is 0. The van der Waals surface area contributed by atoms with Crippen molar-refractivity contribution < 1.29 is 9.90 Å². The molecule has 1 atom stereocenters. The number of carbonyl (C=O) groups excluding carboxylic acids is 1. The fourth-order valence-corrected chi connectivity index (χ4v) is 2.98. The average Bonchev–Trinajstić information content (AvgIpc) is 2.75. The molecular formula is C22H31N5O2. The van der Waals surface area contributed by atoms with E-state index in [2.05, 4.69) is 33.8 Å². The minimum Gasteiger partial charge on any atom is -0.394 e. The van der Waals surface area contributed by atoms with Gasteiger partial charge in [-0.3, -0.25) is 4.79 Å². The number of ketones is 1. The lowest BCUT2D eigenvalue weighted by atomic mass is 10.1. The van der Waals surface area contributed by atoms with E-state index in [1.165, 1.54) is 0 Å². The summed E-state index contributed by atoms with van der Waals surface area (Å²) in [6.07, 6.45) is 7.95. The number of aliphatic hydroxyl groups is 1. The largest absolute Gasteiger partial charge is 0.394 e. The van der Waals surface area contributed by atoms with Gasteiger partial charge in [-0.1, -0.05) is 32.4 Å². The fraction of sp³-hybridized carbons (Fsp3) is 0.455. The third-order valence-corrected chi connectivity index (χ3v) is 4.65. The van der Waals surface area contributed by atoms with Crippen LogP contribution in [0.15, 0.2) is 31.0 Å². The van der Waals surface area contributed by atoms with E-state index >= 15 is 0 Å². The van der Waals surface area contributed by atoms with Crippen molar-refractivity contribution in [1.82, 2.24) is 15.0 Å². The smallest absolute Gasteiger partial charge is 0.182 e. The lowest BCUT2D eigenvalue weighted by Gasteiger charge is -2.19. The van der Waals surface area contributed by atoms with E-state index < -0.39 is 0 Å². The van der Waals surface area contributed by atoms with Crippen LogP contribution < -0.4 is 11.1 Å². The second kappa shape index (κ2) is 12.0. The highest BCUT2D eigenvalue weighted by Crippen LogP contribution is 2.18. The lowest BCUT2D eigenvalue weighted by Crippen LogP contribution is -2.25. The molecule has 2 aromatic heterocycles. The highest BCUT2D eigenvalue weighted by Gasteiger charge is 2.13. The Morgan fingerprint density at radius 1 is 1.34 bits per heavy atom. The fourth-order valence-electron chi connectivity index (χ4n) is 2.98. The Morgan fingerprint density at radius 2 is 2.17 bits per heavy atom. The molecule has 2 rings (SSSR count). The van der Waals surface area contributed by atoms with Crippen LogP contribution >= 0.6 is 0 Å². The second-order valence-corrected chi connectivity index (χ2v) is 6.95. The molecule has 7 nitrogen and oxygen atoms in total. The van der Waals surface area contributed by atoms with Crippen LogP contribution in [0.1, 0.15) is 60.2 Å². The molecule has 0 unspecified atom stereocenters. The molecule has 156 valence electrons. The van der Waals surface area contributed by atoms with E-state index in [4.69, 9.17) is 5.73 Å². The maximum Gasteiger partial charge on any atom is 0.182 e. The van der Waals surface area contributed by atoms with Crippen molar-refractivity contribution in [2.24, 2.45) is 5.73 Å². The molecule has 2 aromatic rings. The van der Waals surface area contributed by atoms with E-state index in [0.717, 1.165) is 30.5 Å². The zero-order valence-corrected chi connectivity index (χ0v) is 17.1. The van der Waals surface area contributed by atoms with E-state index in [-0.39, 0.29) is 18.4 Å². The molecule has 0 fully saturated rings. The van der Waals surface area contributed by atoms with Crippen molar-refractivity contribution in [3.63, 3.8) is 0 Å². The Hall–Kier alpha value is -2.64. The van der Waals surface area contributed by atoms with Gasteiger partial charge in [-0.2, -0.15) is 0 Å². The number of anilines is 1. The van der Waals surface area contributed by atoms with Gasteiger partial charge in [0.05, 0.1) is 12.6 Å². The van der Waals surface area contributed by atoms with Crippen molar-refractivity contribution >= 4 is 17.7 Å². The topological polar surface area (TPSA) is 114 Å². The number of aryl methyl sites for hydroxylation is 2. The molecule has 0 aliphatic heterocycles. The van der Waals surface area contributed by atoms with Gasteiger partial charge in [0.1, 0.15) is 11.5 Å². The molecule has 0 saturated heterocycles. The molecule has 0 radical (unpaired) electrons. The second-order valence-electron chi connectivity index (χ2n) is 6.95. The monoisotopic (exact) mass is 397 g/mol. The van der Waals surface area contributed by atoms with Crippen LogP contribution in [0.3, 0.4) is 0 Å². The molecule has 29 heavy (non-hydrogen) atoms. The van der Waals surface area contributed by atoms with E-state index in [1.807, 2.05) is 12.1 Å². The summed E-state index contributed by atoms with van der Waals surface area (Å²) in [5.74, 6) is 1.20. The predicted molar refractivity (Wildman–Crippen MR) is 116 cm³/mol. The van der Waals surface area contributed by atoms with Crippen LogP contribution in [0, 0.1) is 0 Å². The third kappa shape index (κ3) is 7.03. The number of nitrogens with zero attached hydrogens (tertiary/aromatic N) is 3. The van der Waals surface area contributed by atoms with Crippen molar-refractivity contribution in [3.05, 3.63) is 53.8 Å². The Bertz CT molecular complexity index is 810. The molecule has 0 aliphatic rings. The summed E-state index contributed by atoms with van der Waals surface area (Å²) in [4.78, 5) is 25.3. The van der Waals surface area contributed by atoms with Gasteiger partial charge >= 0.3 is 0 Å². The van der Waals surface area contributed by atoms with Gasteiger partial charge in [-0.15, -0.1) is 0 Å². The molecule has 0 aliphatic carbocycles. The highest BCUT2D eigenvalue weighted by atomic mass is 16.3. The number of hydrogen-bond acceptors (Lipinski definition) is 7. The molecule has 0 amide bonds. The summed E-state index contributed by atoms with van der Waals surface area (Å²) in [5, 5.41) is 13.0. The first-order chi connectivity index (χ1) is 14.1. The standard InChI is InChI=1S/C22H31N5O2/c1-3-5-7-18(15-28)26-22-16(14-24-21(4-2)27-22)10-11-17-8-6-9-19(25-17)20(29)12-13-23/h4,6,8-9,14,18,28H,2-3,5,7,10-13,15,23H2,1H3,(H,24,26,27)/t18-/m0/s1. The normalized spacial score (nSPS) is 11.8. The Labute approximate surface area is 172 Å². The van der Waals surface area contributed by atoms with Crippen LogP contribution in [0.2, 0.25) is 0 Å². The number of rotatable bonds is 13. The van der Waals surface area contributed by atoms with Crippen LogP contribution in [-0.4, -0.2) is 45.0 Å². The van der Waals surface area contributed by atoms with Crippen molar-refractivity contribution in [2.75, 3.05) is 18.5 Å². The average molecular weight is 398 g/mol. The van der Waals surface area contributed by atoms with Crippen LogP contribution in [-0.2, 0) is 12.8 Å². The van der Waals surface area contributed by atoms with E-state index in [9.17, 15) is 9.90 Å². The summed E-state index contributed by atoms with van der Waals surface area (Å²) in [6, 6.07) is 5.41. The minimum absolute atomic E-state index is 0.0414. The Morgan fingerprint density at radius 3 is 2.86 bits per heavy atom. The number of aliphatic hydroxyl groups excluding tert-OH is 1. The van der Waals surface area contributed by atoms with Crippen LogP contribution in [0.25, 0.3) is 6.08 Å². The molecule has 4 N–H and O–H groups in total. The van der Waals surface area contributed by atoms with E-state index in [1.54, 1.807) is 18.3 Å². The van der Waals surface area contributed by atoms with Gasteiger partial charge < -0.3 is 16.2 Å². The molecular weight excluding hydrogens is 366 g/mol. The maximum absolute atomic E-state index is 12.0. The van der Waals surface area contributed by atoms with Gasteiger partial charge in [0.25, 0.3) is 0 Å². The summed E-state index contributed by atoms with van der Waals surface area (Å²) in [6.45, 7) is 6.21. The van der Waals surface area contributed by atoms with Gasteiger partial charge in [0, 0.05) is 23.9 Å². The zero-order valence-electron chi connectivity index (χ0n) is 17.1. The van der Waals surface area contributed by atoms with E-state index in [0.29, 0.717) is 43.1 Å². The Kier molecular flexibility index (Phi) is 9.40. The number of nitrogens with two attached hydrogens (primary N) is 1. The number of nitrogens with one attached hydrogen (secondary N) is 1. The number of pyridine rings is 1. The third-order valence-electron chi connectivity index (χ3n) is 4.65. The van der Waals surface area contributed by atoms with Crippen molar-refractivity contribution in [1.29, 1.82) is 0 Å². The summed E-state index contributed by atoms with van der Waals surface area (Å²) >= 11 is 0. The van der Waals surface area contributed by atoms with Gasteiger partial charge in [0.2, 0.25) is 0 Å². The highest BCUT2D eigenvalue weighted by molar-refractivity contribution is 5.94. The van der Waals surface area contributed by atoms with Crippen molar-refractivity contribution in [3.8, 4) is 0 Å². The molecule has 0 saturated carbocycles. The number of Topliss-reactive ketones (excluding diaryl/α,β-unsaturated/α-hetero) is 1. The molecule has 7 heteroatoms. The Balaban J connectivity index is 2.14. The quantitative estimate of drug-likeness (QED) is 0.445. The van der Waals surface area contributed by atoms with Gasteiger partial charge in [-0.05, 0) is 44.0 Å².